The van der Waals surface area contributed by atoms with Gasteiger partial charge < -0.3 is 10.6 Å². The predicted octanol–water partition coefficient (Wildman–Crippen LogP) is 2.85. The van der Waals surface area contributed by atoms with E-state index in [1.165, 1.54) is 24.2 Å². The van der Waals surface area contributed by atoms with Crippen LogP contribution in [0, 0.1) is 0 Å². The van der Waals surface area contributed by atoms with E-state index in [1.54, 1.807) is 0 Å². The Balaban J connectivity index is 0.000000980. The van der Waals surface area contributed by atoms with E-state index in [1.807, 2.05) is 0 Å². The van der Waals surface area contributed by atoms with Gasteiger partial charge in [-0.25, -0.2) is 0 Å². The zero-order valence-corrected chi connectivity index (χ0v) is 8.42. The van der Waals surface area contributed by atoms with E-state index in [0.717, 1.165) is 6.54 Å². The normalized spacial score (nSPS) is 19.4. The third-order valence-electron chi connectivity index (χ3n) is 2.59. The second-order valence-electron chi connectivity index (χ2n) is 3.51. The number of anilines is 2. The first-order valence-electron chi connectivity index (χ1n) is 4.99. The second-order valence-corrected chi connectivity index (χ2v) is 3.51. The lowest BCUT2D eigenvalue weighted by molar-refractivity contribution is 0.661. The van der Waals surface area contributed by atoms with Crippen molar-refractivity contribution in [1.29, 1.82) is 0 Å². The van der Waals surface area contributed by atoms with E-state index in [-0.39, 0.29) is 4.70 Å². The molecule has 2 nitrogen and oxygen atoms in total. The molecule has 1 aliphatic heterocycles. The summed E-state index contributed by atoms with van der Waals surface area (Å²) in [5.74, 6) is 0. The first-order chi connectivity index (χ1) is 6.40. The molecule has 1 aromatic carbocycles. The van der Waals surface area contributed by atoms with Crippen LogP contribution in [0.25, 0.3) is 0 Å². The standard InChI is InChI=1S/C11H16N2.FH/c1-2-9-7-8-12-10-5-3-4-6-11(10)13-9;/h3-6,9,12-13H,2,7-8H2,1H3;1H. The predicted molar refractivity (Wildman–Crippen MR) is 59.8 cm³/mol. The lowest BCUT2D eigenvalue weighted by atomic mass is 10.1. The molecule has 2 N–H and O–H groups in total. The van der Waals surface area contributed by atoms with Crippen molar-refractivity contribution in [3.8, 4) is 0 Å². The first-order valence-corrected chi connectivity index (χ1v) is 4.99. The minimum atomic E-state index is 0. The molecule has 0 fully saturated rings. The van der Waals surface area contributed by atoms with Gasteiger partial charge >= 0.3 is 0 Å². The first kappa shape index (κ1) is 10.8. The van der Waals surface area contributed by atoms with Gasteiger partial charge in [0.15, 0.2) is 0 Å². The summed E-state index contributed by atoms with van der Waals surface area (Å²) in [7, 11) is 0. The molecule has 0 saturated carbocycles. The molecule has 0 radical (unpaired) electrons. The SMILES string of the molecule is CCC1CCNc2ccccc2N1.F. The van der Waals surface area contributed by atoms with Gasteiger partial charge in [-0.15, -0.1) is 0 Å². The maximum atomic E-state index is 3.55. The molecule has 0 saturated heterocycles. The lowest BCUT2D eigenvalue weighted by Gasteiger charge is -2.14. The van der Waals surface area contributed by atoms with E-state index >= 15 is 0 Å². The fraction of sp³-hybridized carbons (Fsp3) is 0.455. The number of rotatable bonds is 1. The molecule has 14 heavy (non-hydrogen) atoms. The Labute approximate surface area is 84.1 Å². The molecule has 3 heteroatoms. The van der Waals surface area contributed by atoms with Gasteiger partial charge in [-0.1, -0.05) is 19.1 Å². The summed E-state index contributed by atoms with van der Waals surface area (Å²) in [5, 5.41) is 6.97. The zero-order chi connectivity index (χ0) is 9.10. The van der Waals surface area contributed by atoms with Gasteiger partial charge in [-0.3, -0.25) is 4.70 Å². The van der Waals surface area contributed by atoms with E-state index < -0.39 is 0 Å². The molecule has 0 aliphatic carbocycles. The third kappa shape index (κ3) is 2.16. The summed E-state index contributed by atoms with van der Waals surface area (Å²) >= 11 is 0. The van der Waals surface area contributed by atoms with E-state index in [0.29, 0.717) is 6.04 Å². The van der Waals surface area contributed by atoms with E-state index in [4.69, 9.17) is 0 Å². The monoisotopic (exact) mass is 196 g/mol. The van der Waals surface area contributed by atoms with Gasteiger partial charge in [0, 0.05) is 12.6 Å². The molecule has 1 unspecified atom stereocenters. The quantitative estimate of drug-likeness (QED) is 0.721. The number of benzene rings is 1. The van der Waals surface area contributed by atoms with E-state index in [2.05, 4.69) is 41.8 Å². The third-order valence-corrected chi connectivity index (χ3v) is 2.59. The van der Waals surface area contributed by atoms with E-state index in [9.17, 15) is 0 Å². The Bertz CT molecular complexity index is 288. The average Bonchev–Trinajstić information content (AvgIpc) is 2.38. The molecule has 0 spiro atoms. The molecule has 1 aliphatic rings. The van der Waals surface area contributed by atoms with Gasteiger partial charge in [0.25, 0.3) is 0 Å². The van der Waals surface area contributed by atoms with Crippen LogP contribution in [0.3, 0.4) is 0 Å². The maximum Gasteiger partial charge on any atom is 0.0578 e. The molecule has 0 aromatic heterocycles. The van der Waals surface area contributed by atoms with Crippen molar-refractivity contribution in [2.24, 2.45) is 0 Å². The molecular weight excluding hydrogens is 179 g/mol. The van der Waals surface area contributed by atoms with Gasteiger partial charge in [0.05, 0.1) is 11.4 Å². The van der Waals surface area contributed by atoms with Crippen LogP contribution in [0.2, 0.25) is 0 Å². The van der Waals surface area contributed by atoms with Crippen LogP contribution in [-0.4, -0.2) is 12.6 Å². The number of para-hydroxylation sites is 2. The Morgan fingerprint density at radius 2 is 2.00 bits per heavy atom. The number of halogens is 1. The summed E-state index contributed by atoms with van der Waals surface area (Å²) in [6.45, 7) is 3.30. The fourth-order valence-corrected chi connectivity index (χ4v) is 1.74. The summed E-state index contributed by atoms with van der Waals surface area (Å²) < 4.78 is 0. The molecular formula is C11H17FN2. The van der Waals surface area contributed by atoms with Crippen molar-refractivity contribution in [3.05, 3.63) is 24.3 Å². The smallest absolute Gasteiger partial charge is 0.0578 e. The highest BCUT2D eigenvalue weighted by Crippen LogP contribution is 2.25. The molecule has 2 rings (SSSR count). The van der Waals surface area contributed by atoms with Crippen LogP contribution in [0.1, 0.15) is 19.8 Å². The minimum absolute atomic E-state index is 0. The minimum Gasteiger partial charge on any atom is -0.383 e. The van der Waals surface area contributed by atoms with Crippen LogP contribution in [0.4, 0.5) is 16.1 Å². The van der Waals surface area contributed by atoms with Crippen LogP contribution >= 0.6 is 0 Å². The molecule has 78 valence electrons. The zero-order valence-electron chi connectivity index (χ0n) is 8.42. The lowest BCUT2D eigenvalue weighted by Crippen LogP contribution is -2.18. The fourth-order valence-electron chi connectivity index (χ4n) is 1.74. The van der Waals surface area contributed by atoms with Gasteiger partial charge in [0.2, 0.25) is 0 Å². The second kappa shape index (κ2) is 4.84. The van der Waals surface area contributed by atoms with Gasteiger partial charge in [-0.05, 0) is 25.0 Å². The highest BCUT2D eigenvalue weighted by Gasteiger charge is 2.12. The Hall–Kier alpha value is -1.25. The van der Waals surface area contributed by atoms with Crippen molar-refractivity contribution < 1.29 is 4.70 Å². The Kier molecular flexibility index (Phi) is 3.74. The summed E-state index contributed by atoms with van der Waals surface area (Å²) in [5.41, 5.74) is 2.48. The van der Waals surface area contributed by atoms with Crippen molar-refractivity contribution >= 4 is 11.4 Å². The Morgan fingerprint density at radius 1 is 1.29 bits per heavy atom. The summed E-state index contributed by atoms with van der Waals surface area (Å²) in [4.78, 5) is 0. The number of hydrogen-bond donors (Lipinski definition) is 2. The van der Waals surface area contributed by atoms with Crippen LogP contribution < -0.4 is 10.6 Å². The molecule has 1 aromatic rings. The number of fused-ring (bicyclic) bond motifs is 1. The van der Waals surface area contributed by atoms with Crippen molar-refractivity contribution in [1.82, 2.24) is 0 Å². The summed E-state index contributed by atoms with van der Waals surface area (Å²) in [6, 6.07) is 9.03. The molecule has 1 heterocycles. The molecule has 0 amide bonds. The van der Waals surface area contributed by atoms with Gasteiger partial charge in [-0.2, -0.15) is 0 Å². The van der Waals surface area contributed by atoms with Crippen LogP contribution in [0.5, 0.6) is 0 Å². The Morgan fingerprint density at radius 3 is 2.71 bits per heavy atom. The molecule has 0 bridgehead atoms. The van der Waals surface area contributed by atoms with Gasteiger partial charge in [0.1, 0.15) is 0 Å². The maximum absolute atomic E-state index is 3.55. The van der Waals surface area contributed by atoms with Crippen molar-refractivity contribution in [2.45, 2.75) is 25.8 Å². The van der Waals surface area contributed by atoms with Crippen molar-refractivity contribution in [2.75, 3.05) is 17.2 Å². The molecule has 1 atom stereocenters. The summed E-state index contributed by atoms with van der Waals surface area (Å²) in [6.07, 6.45) is 2.39. The van der Waals surface area contributed by atoms with Crippen LogP contribution in [0.15, 0.2) is 24.3 Å². The number of nitrogens with one attached hydrogen (secondary N) is 2. The largest absolute Gasteiger partial charge is 0.383 e. The highest BCUT2D eigenvalue weighted by molar-refractivity contribution is 5.69. The average molecular weight is 196 g/mol. The number of hydrogen-bond acceptors (Lipinski definition) is 2. The highest BCUT2D eigenvalue weighted by atomic mass is 19.0. The van der Waals surface area contributed by atoms with Crippen molar-refractivity contribution in [3.63, 3.8) is 0 Å². The van der Waals surface area contributed by atoms with Crippen LogP contribution in [-0.2, 0) is 0 Å². The topological polar surface area (TPSA) is 24.1 Å².